The van der Waals surface area contributed by atoms with Crippen molar-refractivity contribution >= 4 is 15.9 Å². The molecule has 0 saturated carbocycles. The molecule has 0 N–H and O–H groups in total. The maximum absolute atomic E-state index is 13.3. The minimum atomic E-state index is -3.93. The molecule has 0 aliphatic carbocycles. The molecule has 1 amide bonds. The molecule has 28 heavy (non-hydrogen) atoms. The third-order valence-electron chi connectivity index (χ3n) is 5.53. The third-order valence-corrected chi connectivity index (χ3v) is 7.65. The van der Waals surface area contributed by atoms with E-state index in [0.29, 0.717) is 12.1 Å². The van der Waals surface area contributed by atoms with E-state index in [2.05, 4.69) is 17.1 Å². The molecule has 2 atom stereocenters. The van der Waals surface area contributed by atoms with Gasteiger partial charge in [0.15, 0.2) is 5.76 Å². The summed E-state index contributed by atoms with van der Waals surface area (Å²) in [6.07, 6.45) is 1.97. The molecule has 158 valence electrons. The Morgan fingerprint density at radius 3 is 2.39 bits per heavy atom. The predicted molar refractivity (Wildman–Crippen MR) is 102 cm³/mol. The average Bonchev–Trinajstić information content (AvgIpc) is 3.20. The highest BCUT2D eigenvalue weighted by Gasteiger charge is 2.47. The molecule has 2 fully saturated rings. The number of carbonyl (C=O) groups excluding carboxylic acids is 1. The molecule has 2 aliphatic rings. The summed E-state index contributed by atoms with van der Waals surface area (Å²) in [7, 11) is 1.42. The second-order valence-corrected chi connectivity index (χ2v) is 9.80. The summed E-state index contributed by atoms with van der Waals surface area (Å²) < 4.78 is 39.2. The zero-order chi connectivity index (χ0) is 20.6. The minimum absolute atomic E-state index is 0.0454. The fourth-order valence-corrected chi connectivity index (χ4v) is 5.93. The van der Waals surface area contributed by atoms with Crippen LogP contribution >= 0.6 is 0 Å². The molecule has 9 nitrogen and oxygen atoms in total. The van der Waals surface area contributed by atoms with Crippen LogP contribution in [0.5, 0.6) is 0 Å². The van der Waals surface area contributed by atoms with Crippen molar-refractivity contribution in [3.8, 4) is 0 Å². The van der Waals surface area contributed by atoms with E-state index in [1.54, 1.807) is 27.9 Å². The van der Waals surface area contributed by atoms with E-state index in [4.69, 9.17) is 9.26 Å². The second-order valence-electron chi connectivity index (χ2n) is 7.97. The molecule has 0 aromatic carbocycles. The highest BCUT2D eigenvalue weighted by atomic mass is 32.2. The van der Waals surface area contributed by atoms with Crippen LogP contribution in [0.1, 0.15) is 30.7 Å². The van der Waals surface area contributed by atoms with Crippen molar-refractivity contribution in [2.24, 2.45) is 0 Å². The van der Waals surface area contributed by atoms with Crippen molar-refractivity contribution in [1.29, 1.82) is 0 Å². The molecule has 0 bridgehead atoms. The number of hydrogen-bond donors (Lipinski definition) is 0. The van der Waals surface area contributed by atoms with Gasteiger partial charge in [-0.1, -0.05) is 5.16 Å². The Morgan fingerprint density at radius 1 is 1.21 bits per heavy atom. The number of amides is 1. The first kappa shape index (κ1) is 21.2. The minimum Gasteiger partial charge on any atom is -0.373 e. The van der Waals surface area contributed by atoms with Crippen molar-refractivity contribution in [3.05, 3.63) is 11.5 Å². The van der Waals surface area contributed by atoms with Crippen LogP contribution < -0.4 is 0 Å². The van der Waals surface area contributed by atoms with Crippen LogP contribution in [0, 0.1) is 13.8 Å². The summed E-state index contributed by atoms with van der Waals surface area (Å²) in [6.45, 7) is 5.23. The Morgan fingerprint density at radius 2 is 1.86 bits per heavy atom. The van der Waals surface area contributed by atoms with Gasteiger partial charge in [-0.05, 0) is 33.7 Å². The standard InChI is InChI=1S/C18H30N4O5S/c1-12-17(13(2)27-19-12)28(24,25)22-11-15(10-16(22)18(23)20(3)4)26-14-6-8-21(5)9-7-14/h14-16H,6-11H2,1-5H3/t15-,16-/m0/s1. The lowest BCUT2D eigenvalue weighted by Crippen LogP contribution is -2.45. The monoisotopic (exact) mass is 414 g/mol. The number of carbonyl (C=O) groups is 1. The van der Waals surface area contributed by atoms with Gasteiger partial charge in [-0.15, -0.1) is 0 Å². The molecule has 3 heterocycles. The van der Waals surface area contributed by atoms with E-state index < -0.39 is 16.1 Å². The van der Waals surface area contributed by atoms with Gasteiger partial charge >= 0.3 is 0 Å². The van der Waals surface area contributed by atoms with Gasteiger partial charge in [-0.25, -0.2) is 8.42 Å². The zero-order valence-corrected chi connectivity index (χ0v) is 18.0. The third kappa shape index (κ3) is 4.10. The molecule has 0 radical (unpaired) electrons. The predicted octanol–water partition coefficient (Wildman–Crippen LogP) is 0.622. The topological polar surface area (TPSA) is 96.2 Å². The van der Waals surface area contributed by atoms with Crippen LogP contribution in [-0.2, 0) is 19.6 Å². The highest BCUT2D eigenvalue weighted by molar-refractivity contribution is 7.89. The van der Waals surface area contributed by atoms with Gasteiger partial charge in [0, 0.05) is 40.2 Å². The van der Waals surface area contributed by atoms with Gasteiger partial charge in [0.05, 0.1) is 12.2 Å². The number of ether oxygens (including phenoxy) is 1. The lowest BCUT2D eigenvalue weighted by atomic mass is 10.1. The van der Waals surface area contributed by atoms with Crippen molar-refractivity contribution in [2.45, 2.75) is 56.3 Å². The molecule has 3 rings (SSSR count). The molecule has 0 spiro atoms. The van der Waals surface area contributed by atoms with Crippen LogP contribution in [0.3, 0.4) is 0 Å². The quantitative estimate of drug-likeness (QED) is 0.697. The summed E-state index contributed by atoms with van der Waals surface area (Å²) in [4.78, 5) is 16.5. The average molecular weight is 415 g/mol. The highest BCUT2D eigenvalue weighted by Crippen LogP contribution is 2.32. The Hall–Kier alpha value is -1.49. The number of likely N-dealkylation sites (N-methyl/N-ethyl adjacent to an activating group) is 1. The van der Waals surface area contributed by atoms with Gasteiger partial charge in [0.25, 0.3) is 0 Å². The number of nitrogens with zero attached hydrogens (tertiary/aromatic N) is 4. The van der Waals surface area contributed by atoms with Gasteiger partial charge in [-0.2, -0.15) is 4.31 Å². The molecule has 2 saturated heterocycles. The summed E-state index contributed by atoms with van der Waals surface area (Å²) in [5.74, 6) is -0.0157. The Bertz CT molecular complexity index is 794. The van der Waals surface area contributed by atoms with Crippen molar-refractivity contribution in [1.82, 2.24) is 19.3 Å². The smallest absolute Gasteiger partial charge is 0.249 e. The summed E-state index contributed by atoms with van der Waals surface area (Å²) >= 11 is 0. The van der Waals surface area contributed by atoms with Crippen LogP contribution in [0.25, 0.3) is 0 Å². The van der Waals surface area contributed by atoms with Gasteiger partial charge in [-0.3, -0.25) is 4.79 Å². The van der Waals surface area contributed by atoms with Crippen LogP contribution in [0.2, 0.25) is 0 Å². The number of aryl methyl sites for hydroxylation is 2. The largest absolute Gasteiger partial charge is 0.373 e. The number of piperidine rings is 1. The van der Waals surface area contributed by atoms with Crippen molar-refractivity contribution < 1.29 is 22.5 Å². The Kier molecular flexibility index (Phi) is 6.14. The normalized spacial score (nSPS) is 25.3. The Balaban J connectivity index is 1.84. The number of aromatic nitrogens is 1. The summed E-state index contributed by atoms with van der Waals surface area (Å²) in [6, 6.07) is -0.787. The number of hydrogen-bond acceptors (Lipinski definition) is 7. The summed E-state index contributed by atoms with van der Waals surface area (Å²) in [5.41, 5.74) is 0.299. The van der Waals surface area contributed by atoms with Crippen molar-refractivity contribution in [3.63, 3.8) is 0 Å². The maximum Gasteiger partial charge on any atom is 0.249 e. The first-order chi connectivity index (χ1) is 13.1. The first-order valence-corrected chi connectivity index (χ1v) is 11.0. The van der Waals surface area contributed by atoms with E-state index in [1.165, 1.54) is 9.21 Å². The van der Waals surface area contributed by atoms with Crippen LogP contribution in [-0.4, -0.2) is 92.6 Å². The van der Waals surface area contributed by atoms with Crippen LogP contribution in [0.15, 0.2) is 9.42 Å². The molecule has 2 aliphatic heterocycles. The number of rotatable bonds is 5. The zero-order valence-electron chi connectivity index (χ0n) is 17.2. The fourth-order valence-electron chi connectivity index (χ4n) is 4.01. The number of sulfonamides is 1. The lowest BCUT2D eigenvalue weighted by molar-refractivity contribution is -0.132. The SMILES string of the molecule is Cc1noc(C)c1S(=O)(=O)N1C[C@@H](OC2CCN(C)CC2)C[C@H]1C(=O)N(C)C. The lowest BCUT2D eigenvalue weighted by Gasteiger charge is -2.30. The maximum atomic E-state index is 13.3. The first-order valence-electron chi connectivity index (χ1n) is 9.61. The van der Waals surface area contributed by atoms with E-state index in [-0.39, 0.29) is 35.3 Å². The fraction of sp³-hybridized carbons (Fsp3) is 0.778. The van der Waals surface area contributed by atoms with Crippen molar-refractivity contribution in [2.75, 3.05) is 40.8 Å². The molecular weight excluding hydrogens is 384 g/mol. The number of likely N-dealkylation sites (tertiary alicyclic amines) is 1. The van der Waals surface area contributed by atoms with E-state index in [0.717, 1.165) is 25.9 Å². The van der Waals surface area contributed by atoms with E-state index >= 15 is 0 Å². The molecule has 1 aromatic heterocycles. The summed E-state index contributed by atoms with van der Waals surface area (Å²) in [5, 5.41) is 3.77. The van der Waals surface area contributed by atoms with Gasteiger partial charge in [0.1, 0.15) is 16.6 Å². The van der Waals surface area contributed by atoms with Gasteiger partial charge < -0.3 is 19.1 Å². The molecule has 1 aromatic rings. The van der Waals surface area contributed by atoms with Gasteiger partial charge in [0.2, 0.25) is 15.9 Å². The molecule has 0 unspecified atom stereocenters. The second kappa shape index (κ2) is 8.10. The van der Waals surface area contributed by atoms with E-state index in [1.807, 2.05) is 0 Å². The van der Waals surface area contributed by atoms with E-state index in [9.17, 15) is 13.2 Å². The van der Waals surface area contributed by atoms with Crippen LogP contribution in [0.4, 0.5) is 0 Å². The molecule has 10 heteroatoms. The Labute approximate surface area is 166 Å². The molecular formula is C18H30N4O5S.